The van der Waals surface area contributed by atoms with Gasteiger partial charge in [0.05, 0.1) is 16.4 Å². The van der Waals surface area contributed by atoms with E-state index in [9.17, 15) is 0 Å². The van der Waals surface area contributed by atoms with Crippen molar-refractivity contribution >= 4 is 72.7 Å². The molecule has 0 aliphatic heterocycles. The molecule has 0 bridgehead atoms. The molecule has 0 N–H and O–H groups in total. The van der Waals surface area contributed by atoms with Gasteiger partial charge in [-0.1, -0.05) is 206 Å². The number of fused-ring (bicyclic) bond motifs is 14. The Bertz CT molecular complexity index is 3650. The van der Waals surface area contributed by atoms with E-state index < -0.39 is 8.07 Å². The molecule has 1 aliphatic rings. The topological polar surface area (TPSA) is 31.0 Å². The van der Waals surface area contributed by atoms with Crippen LogP contribution in [0.5, 0.6) is 0 Å². The Morgan fingerprint density at radius 3 is 1.30 bits per heavy atom. The second-order valence-corrected chi connectivity index (χ2v) is 20.3. The molecule has 9 aromatic carbocycles. The quantitative estimate of drug-likeness (QED) is 0.128. The van der Waals surface area contributed by atoms with Crippen molar-refractivity contribution in [3.63, 3.8) is 0 Å². The summed E-state index contributed by atoms with van der Waals surface area (Å²) in [6, 6.07) is 84.3. The summed E-state index contributed by atoms with van der Waals surface area (Å²) in [6.45, 7) is 0. The lowest BCUT2D eigenvalue weighted by molar-refractivity contribution is 0.669. The van der Waals surface area contributed by atoms with Gasteiger partial charge in [-0.3, -0.25) is 4.57 Å². The van der Waals surface area contributed by atoms with Gasteiger partial charge in [-0.2, -0.15) is 0 Å². The normalized spacial score (nSPS) is 12.1. The third kappa shape index (κ3) is 5.22. The summed E-state index contributed by atoms with van der Waals surface area (Å²) in [6.07, 6.45) is 0. The second-order valence-electron chi connectivity index (χ2n) is 16.6. The first-order valence-electron chi connectivity index (χ1n) is 21.6. The van der Waals surface area contributed by atoms with E-state index in [2.05, 4.69) is 235 Å². The van der Waals surface area contributed by atoms with E-state index >= 15 is 0 Å². The van der Waals surface area contributed by atoms with Gasteiger partial charge in [-0.15, -0.1) is 0 Å². The van der Waals surface area contributed by atoms with Crippen molar-refractivity contribution in [3.8, 4) is 50.3 Å². The first kappa shape index (κ1) is 35.7. The average Bonchev–Trinajstić information content (AvgIpc) is 3.90. The number of hydrogen-bond acceptors (Lipinski definition) is 2. The summed E-state index contributed by atoms with van der Waals surface area (Å²) in [5.41, 5.74) is 13.7. The summed E-state index contributed by atoms with van der Waals surface area (Å²) in [5, 5.41) is 9.19. The van der Waals surface area contributed by atoms with E-state index in [-0.39, 0.29) is 0 Å². The zero-order valence-electron chi connectivity index (χ0n) is 34.2. The second kappa shape index (κ2) is 14.0. The van der Waals surface area contributed by atoms with E-state index in [0.29, 0.717) is 0 Å². The minimum Gasteiger partial charge on any atom is -0.455 e. The van der Waals surface area contributed by atoms with E-state index in [0.717, 1.165) is 44.1 Å². The Hall–Kier alpha value is -8.05. The van der Waals surface area contributed by atoms with Gasteiger partial charge in [0.2, 0.25) is 8.07 Å². The van der Waals surface area contributed by atoms with Crippen LogP contribution in [-0.4, -0.2) is 17.6 Å². The Kier molecular flexibility index (Phi) is 7.93. The molecular weight excluding hydrogens is 781 g/mol. The number of rotatable bonds is 5. The fourth-order valence-electron chi connectivity index (χ4n) is 10.6. The van der Waals surface area contributed by atoms with Crippen LogP contribution in [0.3, 0.4) is 0 Å². The predicted octanol–water partition coefficient (Wildman–Crippen LogP) is 12.4. The molecule has 0 unspecified atom stereocenters. The molecule has 63 heavy (non-hydrogen) atoms. The maximum atomic E-state index is 7.16. The van der Waals surface area contributed by atoms with E-state index in [1.165, 1.54) is 70.8 Å². The third-order valence-electron chi connectivity index (χ3n) is 13.3. The fraction of sp³-hybridized carbons (Fsp3) is 0. The highest BCUT2D eigenvalue weighted by Crippen LogP contribution is 2.47. The minimum atomic E-state index is -3.40. The molecule has 1 aliphatic carbocycles. The summed E-state index contributed by atoms with van der Waals surface area (Å²) < 4.78 is 9.51. The molecule has 0 saturated carbocycles. The molecule has 3 heterocycles. The van der Waals surface area contributed by atoms with Crippen molar-refractivity contribution in [2.24, 2.45) is 0 Å². The third-order valence-corrected chi connectivity index (χ3v) is 17.9. The molecule has 4 heteroatoms. The lowest BCUT2D eigenvalue weighted by Crippen LogP contribution is -2.75. The largest absolute Gasteiger partial charge is 0.455 e. The molecule has 294 valence electrons. The molecule has 3 nitrogen and oxygen atoms in total. The highest BCUT2D eigenvalue weighted by molar-refractivity contribution is 7.20. The lowest BCUT2D eigenvalue weighted by Gasteiger charge is -2.34. The highest BCUT2D eigenvalue weighted by Gasteiger charge is 2.46. The van der Waals surface area contributed by atoms with Crippen LogP contribution in [0.2, 0.25) is 0 Å². The van der Waals surface area contributed by atoms with Crippen LogP contribution in [0.25, 0.3) is 94.1 Å². The molecular formula is C59H38N2OSi. The SMILES string of the molecule is c1ccc([Si](c2ccccc2)(c2ccc3c(c2)-c2ccccc2-c2ccccc2-c2ccccc2-3)c2nc(-n3c4ccccc4c4ccccc43)cc3c2oc2ccccc23)cc1. The first-order chi connectivity index (χ1) is 31.3. The van der Waals surface area contributed by atoms with E-state index in [1.807, 2.05) is 0 Å². The number of hydrogen-bond donors (Lipinski definition) is 0. The predicted molar refractivity (Wildman–Crippen MR) is 265 cm³/mol. The number of pyridine rings is 1. The van der Waals surface area contributed by atoms with E-state index in [1.54, 1.807) is 0 Å². The Morgan fingerprint density at radius 1 is 0.333 bits per heavy atom. The van der Waals surface area contributed by atoms with Crippen molar-refractivity contribution in [1.82, 2.24) is 9.55 Å². The van der Waals surface area contributed by atoms with E-state index in [4.69, 9.17) is 9.40 Å². The minimum absolute atomic E-state index is 0.825. The summed E-state index contributed by atoms with van der Waals surface area (Å²) in [5.74, 6) is 0.868. The van der Waals surface area contributed by atoms with Crippen molar-refractivity contribution in [2.45, 2.75) is 0 Å². The van der Waals surface area contributed by atoms with Crippen LogP contribution in [0.1, 0.15) is 0 Å². The van der Waals surface area contributed by atoms with Crippen molar-refractivity contribution < 1.29 is 4.42 Å². The number of nitrogens with zero attached hydrogens (tertiary/aromatic N) is 2. The number of benzene rings is 9. The number of aromatic nitrogens is 2. The van der Waals surface area contributed by atoms with Crippen LogP contribution < -0.4 is 20.9 Å². The van der Waals surface area contributed by atoms with Crippen LogP contribution in [0, 0.1) is 0 Å². The van der Waals surface area contributed by atoms with Crippen LogP contribution in [-0.2, 0) is 0 Å². The maximum absolute atomic E-state index is 7.16. The Balaban J connectivity index is 1.21. The van der Waals surface area contributed by atoms with Crippen LogP contribution in [0.4, 0.5) is 0 Å². The first-order valence-corrected chi connectivity index (χ1v) is 23.6. The van der Waals surface area contributed by atoms with Gasteiger partial charge in [0.1, 0.15) is 11.4 Å². The molecule has 3 aromatic heterocycles. The Labute approximate surface area is 365 Å². The van der Waals surface area contributed by atoms with Gasteiger partial charge in [-0.05, 0) is 84.3 Å². The smallest absolute Gasteiger partial charge is 0.207 e. The van der Waals surface area contributed by atoms with Gasteiger partial charge in [-0.25, -0.2) is 4.98 Å². The average molecular weight is 819 g/mol. The van der Waals surface area contributed by atoms with Crippen LogP contribution >= 0.6 is 0 Å². The highest BCUT2D eigenvalue weighted by atomic mass is 28.3. The summed E-state index contributed by atoms with van der Waals surface area (Å²) in [4.78, 5) is 6.03. The number of furan rings is 1. The summed E-state index contributed by atoms with van der Waals surface area (Å²) in [7, 11) is -3.40. The zero-order valence-corrected chi connectivity index (χ0v) is 35.2. The molecule has 0 spiro atoms. The molecule has 0 radical (unpaired) electrons. The van der Waals surface area contributed by atoms with Crippen molar-refractivity contribution in [3.05, 3.63) is 231 Å². The summed E-state index contributed by atoms with van der Waals surface area (Å²) >= 11 is 0. The zero-order chi connectivity index (χ0) is 41.5. The van der Waals surface area contributed by atoms with Gasteiger partial charge in [0, 0.05) is 21.5 Å². The Morgan fingerprint density at radius 2 is 0.762 bits per heavy atom. The van der Waals surface area contributed by atoms with Gasteiger partial charge < -0.3 is 4.42 Å². The number of para-hydroxylation sites is 3. The molecule has 0 atom stereocenters. The molecule has 12 aromatic rings. The fourth-order valence-corrected chi connectivity index (χ4v) is 15.3. The van der Waals surface area contributed by atoms with Crippen LogP contribution in [0.15, 0.2) is 235 Å². The monoisotopic (exact) mass is 818 g/mol. The van der Waals surface area contributed by atoms with Crippen molar-refractivity contribution in [1.29, 1.82) is 0 Å². The molecule has 0 amide bonds. The molecule has 13 rings (SSSR count). The van der Waals surface area contributed by atoms with Gasteiger partial charge >= 0.3 is 0 Å². The standard InChI is InChI=1S/C59H38N2OSi/c1-3-19-39(20-4-1)63(40-21-5-2-6-22-40,41-35-36-48-46-27-10-9-25-44(46)42-23-7-8-24-43(42)45-26-11-12-28-47(45)52(48)37-41)59-58-53(51-31-15-18-34-56(51)62-58)38-57(60-59)61-54-32-16-13-29-49(54)50-30-14-17-33-55(50)61/h1-38H. The molecule has 0 saturated heterocycles. The maximum Gasteiger partial charge on any atom is 0.207 e. The molecule has 0 fully saturated rings. The lowest BCUT2D eigenvalue weighted by atomic mass is 9.81. The van der Waals surface area contributed by atoms with Crippen molar-refractivity contribution in [2.75, 3.05) is 0 Å². The van der Waals surface area contributed by atoms with Gasteiger partial charge in [0.15, 0.2) is 5.58 Å². The van der Waals surface area contributed by atoms with Gasteiger partial charge in [0.25, 0.3) is 0 Å².